The molecule has 7 heteroatoms. The number of amides is 1. The third-order valence-corrected chi connectivity index (χ3v) is 2.53. The molecule has 0 bridgehead atoms. The maximum atomic E-state index is 11.5. The van der Waals surface area contributed by atoms with Crippen molar-refractivity contribution in [1.82, 2.24) is 5.32 Å². The first-order valence-electron chi connectivity index (χ1n) is 4.80. The van der Waals surface area contributed by atoms with Gasteiger partial charge in [0, 0.05) is 0 Å². The minimum Gasteiger partial charge on any atom is -0.480 e. The van der Waals surface area contributed by atoms with Crippen molar-refractivity contribution in [3.05, 3.63) is 23.7 Å². The first kappa shape index (κ1) is 13.6. The zero-order valence-corrected chi connectivity index (χ0v) is 9.99. The lowest BCUT2D eigenvalue weighted by Gasteiger charge is -2.09. The highest BCUT2D eigenvalue weighted by Gasteiger charge is 2.21. The molecule has 94 valence electrons. The Labute approximate surface area is 102 Å². The van der Waals surface area contributed by atoms with E-state index in [2.05, 4.69) is 5.32 Å². The van der Waals surface area contributed by atoms with Crippen molar-refractivity contribution in [2.24, 2.45) is 0 Å². The van der Waals surface area contributed by atoms with Gasteiger partial charge < -0.3 is 19.9 Å². The second-order valence-electron chi connectivity index (χ2n) is 3.25. The minimum absolute atomic E-state index is 0.0359. The van der Waals surface area contributed by atoms with Gasteiger partial charge in [0.1, 0.15) is 5.76 Å². The Balaban J connectivity index is 2.65. The molecule has 1 atom stereocenters. The maximum Gasteiger partial charge on any atom is 0.328 e. The lowest BCUT2D eigenvalue weighted by molar-refractivity contribution is -0.140. The van der Waals surface area contributed by atoms with Crippen molar-refractivity contribution < 1.29 is 24.2 Å². The lowest BCUT2D eigenvalue weighted by Crippen LogP contribution is -2.43. The van der Waals surface area contributed by atoms with Gasteiger partial charge in [-0.15, -0.1) is 0 Å². The molecule has 0 saturated carbocycles. The van der Waals surface area contributed by atoms with Gasteiger partial charge in [-0.3, -0.25) is 4.79 Å². The Kier molecular flexibility index (Phi) is 5.05. The van der Waals surface area contributed by atoms with Crippen LogP contribution >= 0.6 is 11.8 Å². The molecule has 1 heterocycles. The molecule has 1 amide bonds. The molecule has 0 fully saturated rings. The Hall–Kier alpha value is -1.47. The number of carbonyl (C=O) groups is 2. The first-order valence-corrected chi connectivity index (χ1v) is 6.20. The summed E-state index contributed by atoms with van der Waals surface area (Å²) in [5.41, 5.74) is 0. The molecule has 0 saturated heterocycles. The van der Waals surface area contributed by atoms with E-state index in [9.17, 15) is 9.59 Å². The van der Waals surface area contributed by atoms with E-state index in [1.165, 1.54) is 6.07 Å². The molecule has 6 nitrogen and oxygen atoms in total. The van der Waals surface area contributed by atoms with Crippen LogP contribution in [0.1, 0.15) is 16.3 Å². The second kappa shape index (κ2) is 6.31. The quantitative estimate of drug-likeness (QED) is 0.680. The van der Waals surface area contributed by atoms with Crippen LogP contribution in [-0.4, -0.2) is 41.0 Å². The lowest BCUT2D eigenvalue weighted by atomic mass is 10.3. The number of rotatable bonds is 6. The number of hydrogen-bond donors (Lipinski definition) is 3. The molecule has 0 aliphatic rings. The van der Waals surface area contributed by atoms with Gasteiger partial charge in [0.2, 0.25) is 0 Å². The van der Waals surface area contributed by atoms with Crippen LogP contribution in [0.25, 0.3) is 0 Å². The van der Waals surface area contributed by atoms with E-state index in [1.54, 1.807) is 17.8 Å². The SMILES string of the molecule is CSCc1ccc(C(=O)N[C@H](CO)C(=O)O)o1. The van der Waals surface area contributed by atoms with Gasteiger partial charge in [0.05, 0.1) is 12.4 Å². The van der Waals surface area contributed by atoms with Crippen molar-refractivity contribution in [2.45, 2.75) is 11.8 Å². The number of carboxylic acid groups (broad SMARTS) is 1. The monoisotopic (exact) mass is 259 g/mol. The van der Waals surface area contributed by atoms with Crippen molar-refractivity contribution in [3.63, 3.8) is 0 Å². The molecule has 3 N–H and O–H groups in total. The van der Waals surface area contributed by atoms with E-state index in [0.29, 0.717) is 11.5 Å². The van der Waals surface area contributed by atoms with E-state index in [-0.39, 0.29) is 5.76 Å². The van der Waals surface area contributed by atoms with Crippen molar-refractivity contribution in [1.29, 1.82) is 0 Å². The number of carbonyl (C=O) groups excluding carboxylic acids is 1. The van der Waals surface area contributed by atoms with Gasteiger partial charge in [-0.1, -0.05) is 0 Å². The minimum atomic E-state index is -1.32. The third-order valence-electron chi connectivity index (χ3n) is 1.96. The fourth-order valence-corrected chi connectivity index (χ4v) is 1.57. The summed E-state index contributed by atoms with van der Waals surface area (Å²) in [6.07, 6.45) is 1.90. The highest BCUT2D eigenvalue weighted by Crippen LogP contribution is 2.13. The zero-order chi connectivity index (χ0) is 12.8. The summed E-state index contributed by atoms with van der Waals surface area (Å²) in [6.45, 7) is -0.667. The summed E-state index contributed by atoms with van der Waals surface area (Å²) in [4.78, 5) is 22.1. The highest BCUT2D eigenvalue weighted by atomic mass is 32.2. The van der Waals surface area contributed by atoms with Crippen molar-refractivity contribution in [3.8, 4) is 0 Å². The fraction of sp³-hybridized carbons (Fsp3) is 0.400. The molecule has 0 aliphatic heterocycles. The highest BCUT2D eigenvalue weighted by molar-refractivity contribution is 7.97. The van der Waals surface area contributed by atoms with Crippen LogP contribution in [0.3, 0.4) is 0 Å². The predicted octanol–water partition coefficient (Wildman–Crippen LogP) is 0.318. The van der Waals surface area contributed by atoms with E-state index in [1.807, 2.05) is 6.26 Å². The number of thioether (sulfide) groups is 1. The second-order valence-corrected chi connectivity index (χ2v) is 4.11. The van der Waals surface area contributed by atoms with Crippen LogP contribution in [0, 0.1) is 0 Å². The molecular formula is C10H13NO5S. The van der Waals surface area contributed by atoms with Crippen LogP contribution in [0.4, 0.5) is 0 Å². The van der Waals surface area contributed by atoms with Crippen LogP contribution in [0.5, 0.6) is 0 Å². The molecule has 0 radical (unpaired) electrons. The number of aliphatic hydroxyl groups excluding tert-OH is 1. The van der Waals surface area contributed by atoms with E-state index in [0.717, 1.165) is 0 Å². The summed E-state index contributed by atoms with van der Waals surface area (Å²) in [5.74, 6) is -0.641. The molecular weight excluding hydrogens is 246 g/mol. The van der Waals surface area contributed by atoms with Gasteiger partial charge >= 0.3 is 5.97 Å². The van der Waals surface area contributed by atoms with Crippen LogP contribution in [0.2, 0.25) is 0 Å². The smallest absolute Gasteiger partial charge is 0.328 e. The van der Waals surface area contributed by atoms with Crippen LogP contribution < -0.4 is 5.32 Å². The van der Waals surface area contributed by atoms with E-state index in [4.69, 9.17) is 14.6 Å². The Morgan fingerprint density at radius 2 is 2.24 bits per heavy atom. The largest absolute Gasteiger partial charge is 0.480 e. The molecule has 0 aliphatic carbocycles. The molecule has 0 aromatic carbocycles. The topological polar surface area (TPSA) is 99.8 Å². The standard InChI is InChI=1S/C10H13NO5S/c1-17-5-6-2-3-8(16-6)9(13)11-7(4-12)10(14)15/h2-3,7,12H,4-5H2,1H3,(H,11,13)(H,14,15)/t7-/m1/s1. The number of hydrogen-bond acceptors (Lipinski definition) is 5. The van der Waals surface area contributed by atoms with E-state index >= 15 is 0 Å². The summed E-state index contributed by atoms with van der Waals surface area (Å²) in [7, 11) is 0. The summed E-state index contributed by atoms with van der Waals surface area (Å²) in [6, 6.07) is 1.80. The van der Waals surface area contributed by atoms with Gasteiger partial charge in [-0.05, 0) is 18.4 Å². The van der Waals surface area contributed by atoms with Crippen LogP contribution in [0.15, 0.2) is 16.5 Å². The Morgan fingerprint density at radius 3 is 2.76 bits per heavy atom. The molecule has 1 aromatic heterocycles. The number of aliphatic carboxylic acids is 1. The Bertz CT molecular complexity index is 403. The third kappa shape index (κ3) is 3.79. The number of aliphatic hydroxyl groups is 1. The molecule has 0 spiro atoms. The van der Waals surface area contributed by atoms with Crippen molar-refractivity contribution >= 4 is 23.6 Å². The van der Waals surface area contributed by atoms with Gasteiger partial charge in [-0.25, -0.2) is 4.79 Å². The van der Waals surface area contributed by atoms with Gasteiger partial charge in [0.15, 0.2) is 11.8 Å². The summed E-state index contributed by atoms with van der Waals surface area (Å²) in [5, 5.41) is 19.6. The maximum absolute atomic E-state index is 11.5. The average Bonchev–Trinajstić information content (AvgIpc) is 2.74. The molecule has 0 unspecified atom stereocenters. The van der Waals surface area contributed by atoms with Crippen LogP contribution in [-0.2, 0) is 10.5 Å². The molecule has 17 heavy (non-hydrogen) atoms. The summed E-state index contributed by atoms with van der Waals surface area (Å²) >= 11 is 1.54. The average molecular weight is 259 g/mol. The fourth-order valence-electron chi connectivity index (χ4n) is 1.13. The summed E-state index contributed by atoms with van der Waals surface area (Å²) < 4.78 is 5.20. The number of furan rings is 1. The normalized spacial score (nSPS) is 12.1. The van der Waals surface area contributed by atoms with E-state index < -0.39 is 24.5 Å². The number of nitrogens with one attached hydrogen (secondary N) is 1. The Morgan fingerprint density at radius 1 is 1.53 bits per heavy atom. The van der Waals surface area contributed by atoms with Crippen molar-refractivity contribution in [2.75, 3.05) is 12.9 Å². The van der Waals surface area contributed by atoms with Gasteiger partial charge in [-0.2, -0.15) is 11.8 Å². The molecule has 1 aromatic rings. The first-order chi connectivity index (χ1) is 8.08. The zero-order valence-electron chi connectivity index (χ0n) is 9.17. The molecule has 1 rings (SSSR count). The number of carboxylic acids is 1. The van der Waals surface area contributed by atoms with Gasteiger partial charge in [0.25, 0.3) is 5.91 Å². The predicted molar refractivity (Wildman–Crippen MR) is 61.9 cm³/mol.